The summed E-state index contributed by atoms with van der Waals surface area (Å²) in [6.45, 7) is 1.30. The number of hydrogen-bond donors (Lipinski definition) is 3. The maximum atomic E-state index is 12.8. The van der Waals surface area contributed by atoms with Gasteiger partial charge in [0.2, 0.25) is 0 Å². The topological polar surface area (TPSA) is 138 Å². The fraction of sp³-hybridized carbons (Fsp3) is 0.273. The molecule has 2 aromatic carbocycles. The first-order chi connectivity index (χ1) is 16.0. The lowest BCUT2D eigenvalue weighted by Gasteiger charge is -2.14. The number of fused-ring (bicyclic) bond motifs is 1. The van der Waals surface area contributed by atoms with Gasteiger partial charge in [-0.25, -0.2) is 9.59 Å². The zero-order valence-corrected chi connectivity index (χ0v) is 20.3. The molecule has 1 aromatic heterocycles. The van der Waals surface area contributed by atoms with Crippen LogP contribution >= 0.6 is 11.6 Å². The van der Waals surface area contributed by atoms with Crippen LogP contribution in [0, 0.1) is 6.92 Å². The smallest absolute Gasteiger partial charge is 0.414 e. The summed E-state index contributed by atoms with van der Waals surface area (Å²) in [5.41, 5.74) is 1.61. The molecule has 0 radical (unpaired) electrons. The molecule has 0 bridgehead atoms. The summed E-state index contributed by atoms with van der Waals surface area (Å²) in [5.74, 6) is 0.0676. The standard InChI is InChI=1S/C22H24ClN3O7S/c1-13-16-11-18(23)20(33-22(29)26(2)3)12-19(16)32-21(28)17(13)10-14-5-4-6-15(9-14)25-34(30,31)24-7-8-27/h4-6,9,11-12,24-25,27H,7-8,10H2,1-3H3. The third-order valence-corrected chi connectivity index (χ3v) is 6.25. The third kappa shape index (κ3) is 6.06. The van der Waals surface area contributed by atoms with Crippen molar-refractivity contribution in [2.45, 2.75) is 13.3 Å². The van der Waals surface area contributed by atoms with E-state index < -0.39 is 21.9 Å². The fourth-order valence-electron chi connectivity index (χ4n) is 3.18. The molecule has 0 fully saturated rings. The Morgan fingerprint density at radius 2 is 1.97 bits per heavy atom. The van der Waals surface area contributed by atoms with Gasteiger partial charge in [0.25, 0.3) is 10.2 Å². The number of hydrogen-bond acceptors (Lipinski definition) is 7. The first-order valence-electron chi connectivity index (χ1n) is 10.1. The molecule has 1 amide bonds. The number of ether oxygens (including phenoxy) is 1. The average molecular weight is 510 g/mol. The largest absolute Gasteiger partial charge is 0.422 e. The minimum atomic E-state index is -3.85. The fourth-order valence-corrected chi connectivity index (χ4v) is 4.25. The Bertz CT molecular complexity index is 1390. The molecule has 3 aromatic rings. The van der Waals surface area contributed by atoms with E-state index in [1.807, 2.05) is 0 Å². The van der Waals surface area contributed by atoms with Crippen LogP contribution in [0.2, 0.25) is 5.02 Å². The summed E-state index contributed by atoms with van der Waals surface area (Å²) in [7, 11) is -0.794. The molecule has 34 heavy (non-hydrogen) atoms. The Balaban J connectivity index is 1.92. The monoisotopic (exact) mass is 509 g/mol. The van der Waals surface area contributed by atoms with Gasteiger partial charge >= 0.3 is 11.7 Å². The number of aliphatic hydroxyl groups excluding tert-OH is 1. The van der Waals surface area contributed by atoms with Gasteiger partial charge in [-0.3, -0.25) is 4.72 Å². The zero-order valence-electron chi connectivity index (χ0n) is 18.7. The summed E-state index contributed by atoms with van der Waals surface area (Å²) in [6, 6.07) is 9.52. The average Bonchev–Trinajstić information content (AvgIpc) is 2.76. The van der Waals surface area contributed by atoms with Crippen molar-refractivity contribution < 1.29 is 27.5 Å². The van der Waals surface area contributed by atoms with E-state index in [1.54, 1.807) is 37.3 Å². The van der Waals surface area contributed by atoms with Crippen molar-refractivity contribution in [3.8, 4) is 5.75 Å². The van der Waals surface area contributed by atoms with Crippen LogP contribution in [0.15, 0.2) is 45.6 Å². The first kappa shape index (κ1) is 25.5. The highest BCUT2D eigenvalue weighted by atomic mass is 35.5. The Kier molecular flexibility index (Phi) is 7.82. The van der Waals surface area contributed by atoms with Crippen LogP contribution in [0.5, 0.6) is 5.75 Å². The molecule has 182 valence electrons. The second-order valence-corrected chi connectivity index (χ2v) is 9.54. The van der Waals surface area contributed by atoms with Crippen LogP contribution < -0.4 is 19.8 Å². The van der Waals surface area contributed by atoms with E-state index in [1.165, 1.54) is 25.1 Å². The van der Waals surface area contributed by atoms with Gasteiger partial charge in [0.1, 0.15) is 5.58 Å². The number of amides is 1. The van der Waals surface area contributed by atoms with Gasteiger partial charge in [-0.1, -0.05) is 23.7 Å². The van der Waals surface area contributed by atoms with Crippen LogP contribution in [0.4, 0.5) is 10.5 Å². The van der Waals surface area contributed by atoms with Crippen molar-refractivity contribution in [3.05, 3.63) is 68.5 Å². The van der Waals surface area contributed by atoms with Gasteiger partial charge < -0.3 is 19.2 Å². The van der Waals surface area contributed by atoms with Crippen molar-refractivity contribution in [3.63, 3.8) is 0 Å². The third-order valence-electron chi connectivity index (χ3n) is 4.87. The van der Waals surface area contributed by atoms with E-state index in [0.717, 1.165) is 0 Å². The summed E-state index contributed by atoms with van der Waals surface area (Å²) in [6.07, 6.45) is -0.447. The van der Waals surface area contributed by atoms with Crippen LogP contribution in [0.3, 0.4) is 0 Å². The highest BCUT2D eigenvalue weighted by molar-refractivity contribution is 7.90. The number of halogens is 1. The molecular weight excluding hydrogens is 486 g/mol. The van der Waals surface area contributed by atoms with Gasteiger partial charge in [-0.15, -0.1) is 0 Å². The number of nitrogens with zero attached hydrogens (tertiary/aromatic N) is 1. The van der Waals surface area contributed by atoms with Gasteiger partial charge in [0.15, 0.2) is 5.75 Å². The predicted octanol–water partition coefficient (Wildman–Crippen LogP) is 2.64. The second kappa shape index (κ2) is 10.4. The first-order valence-corrected chi connectivity index (χ1v) is 12.0. The summed E-state index contributed by atoms with van der Waals surface area (Å²) in [5, 5.41) is 9.55. The second-order valence-electron chi connectivity index (χ2n) is 7.63. The Labute approximate surface area is 201 Å². The molecule has 0 aliphatic rings. The summed E-state index contributed by atoms with van der Waals surface area (Å²) < 4.78 is 39.2. The van der Waals surface area contributed by atoms with Gasteiger partial charge in [-0.2, -0.15) is 13.1 Å². The van der Waals surface area contributed by atoms with Crippen molar-refractivity contribution in [1.29, 1.82) is 0 Å². The molecule has 10 nitrogen and oxygen atoms in total. The van der Waals surface area contributed by atoms with Crippen molar-refractivity contribution >= 4 is 44.6 Å². The SMILES string of the molecule is Cc1c(Cc2cccc(NS(=O)(=O)NCCO)c2)c(=O)oc2cc(OC(=O)N(C)C)c(Cl)cc12. The number of rotatable bonds is 8. The minimum absolute atomic E-state index is 0.0676. The lowest BCUT2D eigenvalue weighted by atomic mass is 9.99. The predicted molar refractivity (Wildman–Crippen MR) is 129 cm³/mol. The minimum Gasteiger partial charge on any atom is -0.422 e. The van der Waals surface area contributed by atoms with Crippen LogP contribution in [-0.4, -0.2) is 51.8 Å². The Morgan fingerprint density at radius 3 is 2.65 bits per heavy atom. The van der Waals surface area contributed by atoms with E-state index in [2.05, 4.69) is 9.44 Å². The van der Waals surface area contributed by atoms with Crippen LogP contribution in [0.25, 0.3) is 11.0 Å². The zero-order chi connectivity index (χ0) is 25.0. The molecule has 0 unspecified atom stereocenters. The van der Waals surface area contributed by atoms with E-state index in [-0.39, 0.29) is 35.9 Å². The Hall–Kier alpha value is -3.12. The van der Waals surface area contributed by atoms with Crippen LogP contribution in [-0.2, 0) is 16.6 Å². The number of aryl methyl sites for hydroxylation is 1. The van der Waals surface area contributed by atoms with E-state index in [4.69, 9.17) is 25.9 Å². The molecule has 12 heteroatoms. The number of aliphatic hydroxyl groups is 1. The molecule has 0 saturated heterocycles. The van der Waals surface area contributed by atoms with Gasteiger partial charge in [0, 0.05) is 44.1 Å². The van der Waals surface area contributed by atoms with Crippen molar-refractivity contribution in [2.75, 3.05) is 32.0 Å². The lowest BCUT2D eigenvalue weighted by molar-refractivity contribution is 0.172. The van der Waals surface area contributed by atoms with Crippen LogP contribution in [0.1, 0.15) is 16.7 Å². The molecule has 1 heterocycles. The normalized spacial score (nSPS) is 11.4. The quantitative estimate of drug-likeness (QED) is 0.397. The van der Waals surface area contributed by atoms with E-state index >= 15 is 0 Å². The number of benzene rings is 2. The molecule has 0 aliphatic heterocycles. The molecule has 0 spiro atoms. The molecule has 3 N–H and O–H groups in total. The lowest BCUT2D eigenvalue weighted by Crippen LogP contribution is -2.32. The number of anilines is 1. The number of nitrogens with one attached hydrogen (secondary N) is 2. The van der Waals surface area contributed by atoms with E-state index in [0.29, 0.717) is 27.8 Å². The number of carbonyl (C=O) groups is 1. The highest BCUT2D eigenvalue weighted by Crippen LogP contribution is 2.32. The molecule has 3 rings (SSSR count). The highest BCUT2D eigenvalue weighted by Gasteiger charge is 2.17. The van der Waals surface area contributed by atoms with E-state index in [9.17, 15) is 18.0 Å². The number of carbonyl (C=O) groups excluding carboxylic acids is 1. The summed E-state index contributed by atoms with van der Waals surface area (Å²) >= 11 is 6.29. The maximum absolute atomic E-state index is 12.8. The molecule has 0 atom stereocenters. The van der Waals surface area contributed by atoms with Crippen molar-refractivity contribution in [1.82, 2.24) is 9.62 Å². The molecular formula is C22H24ClN3O7S. The van der Waals surface area contributed by atoms with Crippen molar-refractivity contribution in [2.24, 2.45) is 0 Å². The van der Waals surface area contributed by atoms with Gasteiger partial charge in [-0.05, 0) is 36.2 Å². The summed E-state index contributed by atoms with van der Waals surface area (Å²) in [4.78, 5) is 25.8. The molecule has 0 saturated carbocycles. The van der Waals surface area contributed by atoms with Gasteiger partial charge in [0.05, 0.1) is 17.3 Å². The maximum Gasteiger partial charge on any atom is 0.414 e. The Morgan fingerprint density at radius 1 is 1.24 bits per heavy atom. The molecule has 0 aliphatic carbocycles.